The van der Waals surface area contributed by atoms with Gasteiger partial charge < -0.3 is 10.1 Å². The average molecular weight is 530 g/mol. The number of ether oxygens (including phenoxy) is 1. The molecular weight excluding hydrogens is 496 g/mol. The monoisotopic (exact) mass is 529 g/mol. The van der Waals surface area contributed by atoms with E-state index in [9.17, 15) is 18.0 Å². The third-order valence-electron chi connectivity index (χ3n) is 5.19. The fraction of sp³-hybridized carbons (Fsp3) is 0.360. The zero-order valence-electron chi connectivity index (χ0n) is 21.3. The molecule has 11 heteroatoms. The number of hydrogen-bond donors (Lipinski definition) is 1. The normalized spacial score (nSPS) is 11.3. The fourth-order valence-corrected chi connectivity index (χ4v) is 4.76. The van der Waals surface area contributed by atoms with E-state index in [1.165, 1.54) is 0 Å². The molecule has 1 aromatic heterocycles. The molecule has 36 heavy (non-hydrogen) atoms. The molecule has 1 amide bonds. The van der Waals surface area contributed by atoms with Crippen LogP contribution in [0.15, 0.2) is 47.4 Å². The summed E-state index contributed by atoms with van der Waals surface area (Å²) >= 11 is 0. The summed E-state index contributed by atoms with van der Waals surface area (Å²) in [4.78, 5) is 26.3. The molecule has 0 aliphatic carbocycles. The Morgan fingerprint density at radius 1 is 1.19 bits per heavy atom. The summed E-state index contributed by atoms with van der Waals surface area (Å²) in [5, 5.41) is 7.57. The van der Waals surface area contributed by atoms with Crippen molar-refractivity contribution in [3.63, 3.8) is 0 Å². The SMILES string of the molecule is C#[N+]CS(=O)(=O)c1ccc(C)cc1.CNC(=O)c1nn(COCC[Si](C)(C)C)c2ccc(C=O)cc12. The van der Waals surface area contributed by atoms with Crippen molar-refractivity contribution in [3.8, 4) is 6.57 Å². The molecule has 0 aliphatic heterocycles. The second kappa shape index (κ2) is 12.6. The number of carbonyl (C=O) groups is 2. The van der Waals surface area contributed by atoms with Crippen molar-refractivity contribution in [2.75, 3.05) is 19.5 Å². The number of aldehydes is 1. The highest BCUT2D eigenvalue weighted by Gasteiger charge is 2.19. The van der Waals surface area contributed by atoms with Crippen LogP contribution in [0.2, 0.25) is 25.7 Å². The summed E-state index contributed by atoms with van der Waals surface area (Å²) in [6, 6.07) is 12.8. The lowest BCUT2D eigenvalue weighted by Gasteiger charge is -2.15. The first-order valence-corrected chi connectivity index (χ1v) is 16.7. The van der Waals surface area contributed by atoms with Crippen molar-refractivity contribution >= 4 is 41.0 Å². The molecule has 0 atom stereocenters. The van der Waals surface area contributed by atoms with Crippen LogP contribution >= 0.6 is 0 Å². The van der Waals surface area contributed by atoms with E-state index in [4.69, 9.17) is 11.3 Å². The molecule has 2 aromatic carbocycles. The molecule has 0 saturated carbocycles. The van der Waals surface area contributed by atoms with Crippen molar-refractivity contribution in [1.29, 1.82) is 0 Å². The summed E-state index contributed by atoms with van der Waals surface area (Å²) in [6.07, 6.45) is 0.759. The number of aromatic nitrogens is 2. The van der Waals surface area contributed by atoms with Crippen molar-refractivity contribution in [2.24, 2.45) is 0 Å². The first-order chi connectivity index (χ1) is 16.9. The van der Waals surface area contributed by atoms with Crippen LogP contribution in [0, 0.1) is 13.5 Å². The quantitative estimate of drug-likeness (QED) is 0.252. The maximum Gasteiger partial charge on any atom is 0.364 e. The van der Waals surface area contributed by atoms with Gasteiger partial charge in [0.2, 0.25) is 0 Å². The maximum atomic E-state index is 12.0. The van der Waals surface area contributed by atoms with Crippen molar-refractivity contribution in [1.82, 2.24) is 15.1 Å². The van der Waals surface area contributed by atoms with Gasteiger partial charge in [0.1, 0.15) is 13.0 Å². The number of nitrogens with one attached hydrogen (secondary N) is 1. The Morgan fingerprint density at radius 2 is 1.86 bits per heavy atom. The van der Waals surface area contributed by atoms with Gasteiger partial charge in [0.15, 0.2) is 5.69 Å². The Hall–Kier alpha value is -3.33. The molecule has 9 nitrogen and oxygen atoms in total. The number of sulfone groups is 1. The number of rotatable bonds is 9. The Morgan fingerprint density at radius 3 is 2.42 bits per heavy atom. The number of fused-ring (bicyclic) bond motifs is 1. The lowest BCUT2D eigenvalue weighted by atomic mass is 10.1. The van der Waals surface area contributed by atoms with E-state index in [0.29, 0.717) is 30.0 Å². The molecule has 0 radical (unpaired) electrons. The third kappa shape index (κ3) is 8.12. The van der Waals surface area contributed by atoms with Crippen LogP contribution < -0.4 is 5.32 Å². The summed E-state index contributed by atoms with van der Waals surface area (Å²) in [5.41, 5.74) is 2.62. The zero-order chi connectivity index (χ0) is 26.9. The van der Waals surface area contributed by atoms with Crippen LogP contribution in [0.25, 0.3) is 15.7 Å². The zero-order valence-corrected chi connectivity index (χ0v) is 23.1. The number of nitrogens with zero attached hydrogens (tertiary/aromatic N) is 3. The number of carbonyl (C=O) groups excluding carboxylic acids is 2. The van der Waals surface area contributed by atoms with Crippen LogP contribution in [0.3, 0.4) is 0 Å². The van der Waals surface area contributed by atoms with E-state index in [0.717, 1.165) is 23.4 Å². The minimum atomic E-state index is -3.32. The molecule has 3 aromatic rings. The predicted molar refractivity (Wildman–Crippen MR) is 144 cm³/mol. The average Bonchev–Trinajstić information content (AvgIpc) is 3.19. The number of amides is 1. The van der Waals surface area contributed by atoms with Gasteiger partial charge in [-0.25, -0.2) is 13.1 Å². The Balaban J connectivity index is 0.000000297. The largest absolute Gasteiger partial charge is 0.364 e. The van der Waals surface area contributed by atoms with Gasteiger partial charge in [-0.3, -0.25) is 9.59 Å². The fourth-order valence-electron chi connectivity index (χ4n) is 3.10. The maximum absolute atomic E-state index is 12.0. The van der Waals surface area contributed by atoms with Gasteiger partial charge >= 0.3 is 5.88 Å². The van der Waals surface area contributed by atoms with Crippen LogP contribution in [0.4, 0.5) is 0 Å². The molecule has 192 valence electrons. The standard InChI is InChI=1S/C16H23N3O3Si.C9H10NO2S/c1-17-16(21)15-13-9-12(10-20)5-6-14(13)19(18-15)11-22-7-8-23(2,3)4;1-8-3-5-9(6-4-8)13(11,12)7-10-2/h5-6,9-10H,7-8,11H2,1-4H3,(H,17,21);2-6H,7H2,1H3/q;+1. The van der Waals surface area contributed by atoms with Crippen molar-refractivity contribution in [3.05, 3.63) is 64.1 Å². The first-order valence-electron chi connectivity index (χ1n) is 11.3. The van der Waals surface area contributed by atoms with E-state index in [-0.39, 0.29) is 16.7 Å². The molecule has 0 aliphatic rings. The summed E-state index contributed by atoms with van der Waals surface area (Å²) in [7, 11) is -2.90. The van der Waals surface area contributed by atoms with Crippen LogP contribution in [0.1, 0.15) is 26.4 Å². The highest BCUT2D eigenvalue weighted by Crippen LogP contribution is 2.20. The van der Waals surface area contributed by atoms with E-state index in [2.05, 4.69) is 34.9 Å². The summed E-state index contributed by atoms with van der Waals surface area (Å²) in [5.74, 6) is -0.644. The van der Waals surface area contributed by atoms with Gasteiger partial charge in [0.25, 0.3) is 22.3 Å². The van der Waals surface area contributed by atoms with Crippen LogP contribution in [-0.2, 0) is 21.3 Å². The Kier molecular flexibility index (Phi) is 10.1. The smallest absolute Gasteiger partial charge is 0.360 e. The molecule has 3 rings (SSSR count). The second-order valence-electron chi connectivity index (χ2n) is 9.41. The van der Waals surface area contributed by atoms with Gasteiger partial charge in [-0.15, -0.1) is 0 Å². The van der Waals surface area contributed by atoms with Gasteiger partial charge in [-0.1, -0.05) is 42.2 Å². The molecule has 1 heterocycles. The molecule has 0 spiro atoms. The first kappa shape index (κ1) is 28.9. The topological polar surface area (TPSA) is 112 Å². The lowest BCUT2D eigenvalue weighted by molar-refractivity contribution is 0.0805. The number of benzene rings is 2. The van der Waals surface area contributed by atoms with Gasteiger partial charge in [0.05, 0.1) is 10.4 Å². The van der Waals surface area contributed by atoms with E-state index < -0.39 is 17.9 Å². The second-order valence-corrected chi connectivity index (χ2v) is 17.0. The molecular formula is C25H33N4O5SSi+. The summed E-state index contributed by atoms with van der Waals surface area (Å²) in [6.45, 7) is 14.6. The number of aryl methyl sites for hydroxylation is 1. The Bertz CT molecular complexity index is 1350. The summed E-state index contributed by atoms with van der Waals surface area (Å²) < 4.78 is 30.1. The van der Waals surface area contributed by atoms with E-state index in [1.54, 1.807) is 54.2 Å². The van der Waals surface area contributed by atoms with Crippen molar-refractivity contribution in [2.45, 2.75) is 44.2 Å². The number of hydrogen-bond acceptors (Lipinski definition) is 6. The van der Waals surface area contributed by atoms with Crippen LogP contribution in [-0.4, -0.2) is 58.0 Å². The molecule has 1 N–H and O–H groups in total. The predicted octanol–water partition coefficient (Wildman–Crippen LogP) is 4.21. The van der Waals surface area contributed by atoms with Gasteiger partial charge in [-0.05, 0) is 43.3 Å². The molecule has 0 saturated heterocycles. The minimum Gasteiger partial charge on any atom is -0.360 e. The van der Waals surface area contributed by atoms with Gasteiger partial charge in [0, 0.05) is 32.7 Å². The highest BCUT2D eigenvalue weighted by molar-refractivity contribution is 7.91. The lowest BCUT2D eigenvalue weighted by Crippen LogP contribution is -2.22. The Labute approximate surface area is 213 Å². The van der Waals surface area contributed by atoms with E-state index >= 15 is 0 Å². The molecule has 0 unspecified atom stereocenters. The molecule has 0 fully saturated rings. The highest BCUT2D eigenvalue weighted by atomic mass is 32.2. The van der Waals surface area contributed by atoms with E-state index in [1.807, 2.05) is 6.92 Å². The van der Waals surface area contributed by atoms with Crippen LogP contribution in [0.5, 0.6) is 0 Å². The van der Waals surface area contributed by atoms with Crippen molar-refractivity contribution < 1.29 is 22.7 Å². The molecule has 0 bridgehead atoms. The third-order valence-corrected chi connectivity index (χ3v) is 8.37. The minimum absolute atomic E-state index is 0.257. The van der Waals surface area contributed by atoms with Gasteiger partial charge in [-0.2, -0.15) is 5.10 Å².